The number of hydrogen-bond donors (Lipinski definition) is 3. The summed E-state index contributed by atoms with van der Waals surface area (Å²) >= 11 is 0. The molecule has 1 aromatic rings. The number of rotatable bonds is 3. The molecule has 24 heavy (non-hydrogen) atoms. The number of hydrogen-bond acceptors (Lipinski definition) is 5. The van der Waals surface area contributed by atoms with Crippen molar-refractivity contribution in [1.82, 2.24) is 10.6 Å². The zero-order valence-corrected chi connectivity index (χ0v) is 13.7. The van der Waals surface area contributed by atoms with Crippen molar-refractivity contribution in [1.29, 1.82) is 0 Å². The number of amides is 2. The van der Waals surface area contributed by atoms with Crippen molar-refractivity contribution in [2.45, 2.75) is 18.9 Å². The number of benzene rings is 1. The van der Waals surface area contributed by atoms with E-state index in [0.717, 1.165) is 0 Å². The van der Waals surface area contributed by atoms with E-state index in [2.05, 4.69) is 16.0 Å². The van der Waals surface area contributed by atoms with Gasteiger partial charge in [-0.1, -0.05) is 0 Å². The first kappa shape index (κ1) is 18.4. The van der Waals surface area contributed by atoms with Crippen LogP contribution in [0.2, 0.25) is 0 Å². The molecule has 0 spiro atoms. The number of nitrogens with zero attached hydrogens (tertiary/aromatic N) is 1. The standard InChI is InChI=1S/C15H18F2N4O2.ClH/c16-10-7-9(19-12-1-2-13(22)20-15(12)23)8-11(17)14(10)21-5-3-18-4-6-21;/h7-8,12,18-19H,1-6H2,(H,20,22,23);1H. The number of piperazine rings is 1. The molecule has 6 nitrogen and oxygen atoms in total. The molecule has 2 aliphatic rings. The zero-order chi connectivity index (χ0) is 16.4. The molecule has 3 N–H and O–H groups in total. The third-order valence-corrected chi connectivity index (χ3v) is 4.03. The third-order valence-electron chi connectivity index (χ3n) is 4.03. The summed E-state index contributed by atoms with van der Waals surface area (Å²) in [7, 11) is 0. The first-order chi connectivity index (χ1) is 11.0. The van der Waals surface area contributed by atoms with Crippen molar-refractivity contribution in [3.05, 3.63) is 23.8 Å². The molecule has 2 fully saturated rings. The Kier molecular flexibility index (Phi) is 5.95. The highest BCUT2D eigenvalue weighted by Gasteiger charge is 2.27. The van der Waals surface area contributed by atoms with Crippen LogP contribution in [0.1, 0.15) is 12.8 Å². The summed E-state index contributed by atoms with van der Waals surface area (Å²) in [6.07, 6.45) is 0.501. The Balaban J connectivity index is 0.00000208. The zero-order valence-electron chi connectivity index (χ0n) is 12.9. The fourth-order valence-electron chi connectivity index (χ4n) is 2.87. The van der Waals surface area contributed by atoms with E-state index >= 15 is 0 Å². The molecule has 0 saturated carbocycles. The van der Waals surface area contributed by atoms with Gasteiger partial charge in [-0.2, -0.15) is 0 Å². The summed E-state index contributed by atoms with van der Waals surface area (Å²) in [5.74, 6) is -2.14. The number of imide groups is 1. The van der Waals surface area contributed by atoms with Crippen LogP contribution in [-0.2, 0) is 9.59 Å². The topological polar surface area (TPSA) is 73.5 Å². The van der Waals surface area contributed by atoms with E-state index in [-0.39, 0.29) is 36.1 Å². The van der Waals surface area contributed by atoms with Gasteiger partial charge in [0.15, 0.2) is 11.6 Å². The van der Waals surface area contributed by atoms with Crippen molar-refractivity contribution in [2.24, 2.45) is 0 Å². The number of halogens is 3. The van der Waals surface area contributed by atoms with Crippen molar-refractivity contribution < 1.29 is 18.4 Å². The second-order valence-corrected chi connectivity index (χ2v) is 5.67. The number of anilines is 2. The average Bonchev–Trinajstić information content (AvgIpc) is 2.50. The minimum Gasteiger partial charge on any atom is -0.373 e. The molecule has 2 aliphatic heterocycles. The van der Waals surface area contributed by atoms with Crippen LogP contribution < -0.4 is 20.9 Å². The van der Waals surface area contributed by atoms with Gasteiger partial charge < -0.3 is 15.5 Å². The Labute approximate surface area is 144 Å². The summed E-state index contributed by atoms with van der Waals surface area (Å²) in [6.45, 7) is 2.42. The van der Waals surface area contributed by atoms with Crippen LogP contribution in [0.4, 0.5) is 20.2 Å². The van der Waals surface area contributed by atoms with E-state index in [1.54, 1.807) is 4.90 Å². The van der Waals surface area contributed by atoms with Gasteiger partial charge in [0, 0.05) is 38.3 Å². The molecule has 2 heterocycles. The van der Waals surface area contributed by atoms with E-state index in [1.165, 1.54) is 12.1 Å². The molecule has 0 aromatic heterocycles. The Morgan fingerprint density at radius 3 is 2.33 bits per heavy atom. The van der Waals surface area contributed by atoms with Gasteiger partial charge in [-0.25, -0.2) is 8.78 Å². The quantitative estimate of drug-likeness (QED) is 0.702. The second kappa shape index (κ2) is 7.76. The Morgan fingerprint density at radius 2 is 1.75 bits per heavy atom. The van der Waals surface area contributed by atoms with Crippen molar-refractivity contribution in [2.75, 3.05) is 36.4 Å². The van der Waals surface area contributed by atoms with E-state index in [9.17, 15) is 18.4 Å². The lowest BCUT2D eigenvalue weighted by molar-refractivity contribution is -0.133. The van der Waals surface area contributed by atoms with Gasteiger partial charge in [-0.15, -0.1) is 12.4 Å². The van der Waals surface area contributed by atoms with Gasteiger partial charge in [-0.05, 0) is 18.6 Å². The Hall–Kier alpha value is -1.93. The fourth-order valence-corrected chi connectivity index (χ4v) is 2.87. The average molecular weight is 361 g/mol. The molecule has 0 radical (unpaired) electrons. The highest BCUT2D eigenvalue weighted by Crippen LogP contribution is 2.28. The van der Waals surface area contributed by atoms with Crippen LogP contribution in [0.15, 0.2) is 12.1 Å². The van der Waals surface area contributed by atoms with Crippen LogP contribution in [0.25, 0.3) is 0 Å². The van der Waals surface area contributed by atoms with Crippen LogP contribution >= 0.6 is 12.4 Å². The van der Waals surface area contributed by atoms with Crippen molar-refractivity contribution in [3.8, 4) is 0 Å². The molecule has 1 atom stereocenters. The molecular weight excluding hydrogens is 342 g/mol. The van der Waals surface area contributed by atoms with Crippen molar-refractivity contribution in [3.63, 3.8) is 0 Å². The molecular formula is C15H19ClF2N4O2. The van der Waals surface area contributed by atoms with Crippen LogP contribution in [-0.4, -0.2) is 44.0 Å². The number of piperidine rings is 1. The molecule has 1 aromatic carbocycles. The summed E-state index contributed by atoms with van der Waals surface area (Å²) in [5, 5.41) is 8.11. The summed E-state index contributed by atoms with van der Waals surface area (Å²) in [6, 6.07) is 1.70. The van der Waals surface area contributed by atoms with Gasteiger partial charge >= 0.3 is 0 Å². The monoisotopic (exact) mass is 360 g/mol. The smallest absolute Gasteiger partial charge is 0.249 e. The first-order valence-electron chi connectivity index (χ1n) is 7.59. The molecule has 3 rings (SSSR count). The lowest BCUT2D eigenvalue weighted by Gasteiger charge is -2.30. The van der Waals surface area contributed by atoms with Crippen LogP contribution in [0.3, 0.4) is 0 Å². The van der Waals surface area contributed by atoms with E-state index in [1.807, 2.05) is 0 Å². The molecule has 9 heteroatoms. The van der Waals surface area contributed by atoms with Gasteiger partial charge in [0.2, 0.25) is 11.8 Å². The minimum atomic E-state index is -0.670. The maximum absolute atomic E-state index is 14.3. The molecule has 2 saturated heterocycles. The fraction of sp³-hybridized carbons (Fsp3) is 0.467. The van der Waals surface area contributed by atoms with Crippen molar-refractivity contribution >= 4 is 35.6 Å². The van der Waals surface area contributed by atoms with Gasteiger partial charge in [0.05, 0.1) is 0 Å². The van der Waals surface area contributed by atoms with Crippen LogP contribution in [0.5, 0.6) is 0 Å². The maximum atomic E-state index is 14.3. The highest BCUT2D eigenvalue weighted by molar-refractivity contribution is 6.01. The molecule has 0 bridgehead atoms. The maximum Gasteiger partial charge on any atom is 0.249 e. The Bertz CT molecular complexity index is 615. The predicted molar refractivity (Wildman–Crippen MR) is 88.5 cm³/mol. The minimum absolute atomic E-state index is 0. The van der Waals surface area contributed by atoms with Gasteiger partial charge in [0.1, 0.15) is 11.7 Å². The first-order valence-corrected chi connectivity index (χ1v) is 7.59. The summed E-state index contributed by atoms with van der Waals surface area (Å²) in [4.78, 5) is 24.5. The number of nitrogens with one attached hydrogen (secondary N) is 3. The normalized spacial score (nSPS) is 21.1. The third kappa shape index (κ3) is 3.93. The highest BCUT2D eigenvalue weighted by atomic mass is 35.5. The lowest BCUT2D eigenvalue weighted by Crippen LogP contribution is -2.47. The molecule has 2 amide bonds. The van der Waals surface area contributed by atoms with E-state index < -0.39 is 23.6 Å². The number of carbonyl (C=O) groups excluding carboxylic acids is 2. The van der Waals surface area contributed by atoms with Gasteiger partial charge in [0.25, 0.3) is 0 Å². The lowest BCUT2D eigenvalue weighted by atomic mass is 10.1. The SMILES string of the molecule is Cl.O=C1CCC(Nc2cc(F)c(N3CCNCC3)c(F)c2)C(=O)N1. The molecule has 132 valence electrons. The second-order valence-electron chi connectivity index (χ2n) is 5.67. The largest absolute Gasteiger partial charge is 0.373 e. The molecule has 1 unspecified atom stereocenters. The molecule has 0 aliphatic carbocycles. The van der Waals surface area contributed by atoms with E-state index in [4.69, 9.17) is 0 Å². The van der Waals surface area contributed by atoms with Gasteiger partial charge in [-0.3, -0.25) is 14.9 Å². The Morgan fingerprint density at radius 1 is 1.12 bits per heavy atom. The number of carbonyl (C=O) groups is 2. The van der Waals surface area contributed by atoms with Crippen LogP contribution in [0, 0.1) is 11.6 Å². The summed E-state index contributed by atoms with van der Waals surface area (Å²) < 4.78 is 28.6. The van der Waals surface area contributed by atoms with E-state index in [0.29, 0.717) is 32.6 Å². The predicted octanol–water partition coefficient (Wildman–Crippen LogP) is 1.01. The summed E-state index contributed by atoms with van der Waals surface area (Å²) in [5.41, 5.74) is 0.147.